The monoisotopic (exact) mass is 239 g/mol. The molecule has 96 valence electrons. The van der Waals surface area contributed by atoms with Crippen LogP contribution < -0.4 is 0 Å². The van der Waals surface area contributed by atoms with Crippen LogP contribution in [0.25, 0.3) is 0 Å². The van der Waals surface area contributed by atoms with Crippen molar-refractivity contribution < 1.29 is 9.84 Å². The van der Waals surface area contributed by atoms with Crippen LogP contribution in [0.1, 0.15) is 13.8 Å². The normalized spacial score (nSPS) is 28.2. The highest BCUT2D eigenvalue weighted by Crippen LogP contribution is 2.11. The predicted molar refractivity (Wildman–Crippen MR) is 64.7 cm³/mol. The van der Waals surface area contributed by atoms with E-state index in [0.717, 1.165) is 13.1 Å². The summed E-state index contributed by atoms with van der Waals surface area (Å²) in [5.41, 5.74) is 0. The third-order valence-corrected chi connectivity index (χ3v) is 2.94. The van der Waals surface area contributed by atoms with Crippen LogP contribution in [0.5, 0.6) is 0 Å². The molecule has 2 heterocycles. The number of ether oxygens (including phenoxy) is 1. The van der Waals surface area contributed by atoms with Crippen molar-refractivity contribution in [2.45, 2.75) is 38.7 Å². The van der Waals surface area contributed by atoms with Crippen molar-refractivity contribution in [2.75, 3.05) is 19.6 Å². The third kappa shape index (κ3) is 3.80. The Hall–Kier alpha value is -0.910. The SMILES string of the molecule is CC1CN(CC(O)Cn2ccnc2)CC(C)O1. The van der Waals surface area contributed by atoms with Crippen molar-refractivity contribution >= 4 is 0 Å². The predicted octanol–water partition coefficient (Wildman–Crippen LogP) is 0.353. The lowest BCUT2D eigenvalue weighted by molar-refractivity contribution is -0.0772. The summed E-state index contributed by atoms with van der Waals surface area (Å²) < 4.78 is 7.57. The van der Waals surface area contributed by atoms with Gasteiger partial charge < -0.3 is 14.4 Å². The van der Waals surface area contributed by atoms with Crippen LogP contribution in [-0.2, 0) is 11.3 Å². The van der Waals surface area contributed by atoms with E-state index in [1.165, 1.54) is 0 Å². The van der Waals surface area contributed by atoms with Gasteiger partial charge in [-0.05, 0) is 13.8 Å². The minimum absolute atomic E-state index is 0.249. The molecule has 1 aliphatic rings. The van der Waals surface area contributed by atoms with Gasteiger partial charge in [0.2, 0.25) is 0 Å². The maximum absolute atomic E-state index is 10.0. The lowest BCUT2D eigenvalue weighted by atomic mass is 10.2. The van der Waals surface area contributed by atoms with Gasteiger partial charge >= 0.3 is 0 Å². The molecule has 0 bridgehead atoms. The maximum atomic E-state index is 10.0. The summed E-state index contributed by atoms with van der Waals surface area (Å²) in [6.45, 7) is 7.23. The molecule has 1 fully saturated rings. The number of aliphatic hydroxyl groups excluding tert-OH is 1. The molecule has 2 rings (SSSR count). The average Bonchev–Trinajstić information content (AvgIpc) is 2.67. The first kappa shape index (κ1) is 12.5. The Kier molecular flexibility index (Phi) is 4.15. The Bertz CT molecular complexity index is 319. The van der Waals surface area contributed by atoms with Crippen LogP contribution in [0.4, 0.5) is 0 Å². The summed E-state index contributed by atoms with van der Waals surface area (Å²) in [6.07, 6.45) is 5.47. The molecule has 1 N–H and O–H groups in total. The molecule has 3 unspecified atom stereocenters. The minimum Gasteiger partial charge on any atom is -0.390 e. The largest absolute Gasteiger partial charge is 0.390 e. The highest BCUT2D eigenvalue weighted by Gasteiger charge is 2.23. The molecular formula is C12H21N3O2. The van der Waals surface area contributed by atoms with Crippen LogP contribution in [0, 0.1) is 0 Å². The van der Waals surface area contributed by atoms with E-state index in [-0.39, 0.29) is 18.3 Å². The van der Waals surface area contributed by atoms with Crippen LogP contribution in [-0.4, -0.2) is 57.5 Å². The zero-order chi connectivity index (χ0) is 12.3. The number of hydrogen-bond donors (Lipinski definition) is 1. The Morgan fingerprint density at radius 2 is 2.06 bits per heavy atom. The average molecular weight is 239 g/mol. The fourth-order valence-electron chi connectivity index (χ4n) is 2.43. The van der Waals surface area contributed by atoms with Crippen LogP contribution in [0.3, 0.4) is 0 Å². The maximum Gasteiger partial charge on any atom is 0.0946 e. The van der Waals surface area contributed by atoms with Gasteiger partial charge in [-0.1, -0.05) is 0 Å². The van der Waals surface area contributed by atoms with Crippen molar-refractivity contribution in [3.63, 3.8) is 0 Å². The fourth-order valence-corrected chi connectivity index (χ4v) is 2.43. The number of aromatic nitrogens is 2. The van der Waals surface area contributed by atoms with Gasteiger partial charge in [0, 0.05) is 32.0 Å². The standard InChI is InChI=1S/C12H21N3O2/c1-10-5-15(6-11(2)17-10)8-12(16)7-14-4-3-13-9-14/h3-4,9-12,16H,5-8H2,1-2H3. The zero-order valence-corrected chi connectivity index (χ0v) is 10.5. The zero-order valence-electron chi connectivity index (χ0n) is 10.5. The smallest absolute Gasteiger partial charge is 0.0946 e. The van der Waals surface area contributed by atoms with E-state index in [4.69, 9.17) is 4.74 Å². The highest BCUT2D eigenvalue weighted by molar-refractivity contribution is 4.79. The van der Waals surface area contributed by atoms with Gasteiger partial charge in [-0.3, -0.25) is 4.90 Å². The summed E-state index contributed by atoms with van der Waals surface area (Å²) in [5.74, 6) is 0. The number of rotatable bonds is 4. The summed E-state index contributed by atoms with van der Waals surface area (Å²) in [4.78, 5) is 6.23. The van der Waals surface area contributed by atoms with E-state index in [1.807, 2.05) is 10.8 Å². The molecule has 1 aromatic heterocycles. The van der Waals surface area contributed by atoms with Crippen molar-refractivity contribution in [3.8, 4) is 0 Å². The van der Waals surface area contributed by atoms with Gasteiger partial charge in [-0.15, -0.1) is 0 Å². The third-order valence-electron chi connectivity index (χ3n) is 2.94. The van der Waals surface area contributed by atoms with E-state index in [1.54, 1.807) is 12.5 Å². The summed E-state index contributed by atoms with van der Waals surface area (Å²) in [5, 5.41) is 10.0. The number of aliphatic hydroxyl groups is 1. The molecule has 1 aromatic rings. The Morgan fingerprint density at radius 1 is 1.35 bits per heavy atom. The number of nitrogens with zero attached hydrogens (tertiary/aromatic N) is 3. The molecule has 0 aliphatic carbocycles. The summed E-state index contributed by atoms with van der Waals surface area (Å²) >= 11 is 0. The molecule has 1 saturated heterocycles. The van der Waals surface area contributed by atoms with Crippen molar-refractivity contribution in [1.82, 2.24) is 14.5 Å². The quantitative estimate of drug-likeness (QED) is 0.824. The Balaban J connectivity index is 1.79. The van der Waals surface area contributed by atoms with Gasteiger partial charge in [0.15, 0.2) is 0 Å². The van der Waals surface area contributed by atoms with Gasteiger partial charge in [0.1, 0.15) is 0 Å². The van der Waals surface area contributed by atoms with E-state index in [9.17, 15) is 5.11 Å². The molecular weight excluding hydrogens is 218 g/mol. The second-order valence-electron chi connectivity index (χ2n) is 4.89. The molecule has 5 nitrogen and oxygen atoms in total. The lowest BCUT2D eigenvalue weighted by Gasteiger charge is -2.36. The molecule has 0 aromatic carbocycles. The van der Waals surface area contributed by atoms with E-state index in [0.29, 0.717) is 13.1 Å². The van der Waals surface area contributed by atoms with Crippen molar-refractivity contribution in [2.24, 2.45) is 0 Å². The summed E-state index contributed by atoms with van der Waals surface area (Å²) in [6, 6.07) is 0. The molecule has 5 heteroatoms. The number of imidazole rings is 1. The van der Waals surface area contributed by atoms with E-state index in [2.05, 4.69) is 23.7 Å². The molecule has 17 heavy (non-hydrogen) atoms. The van der Waals surface area contributed by atoms with Gasteiger partial charge in [-0.2, -0.15) is 0 Å². The van der Waals surface area contributed by atoms with Crippen molar-refractivity contribution in [3.05, 3.63) is 18.7 Å². The first-order chi connectivity index (χ1) is 8.13. The molecule has 0 amide bonds. The molecule has 0 saturated carbocycles. The molecule has 1 aliphatic heterocycles. The minimum atomic E-state index is -0.360. The highest BCUT2D eigenvalue weighted by atomic mass is 16.5. The lowest BCUT2D eigenvalue weighted by Crippen LogP contribution is -2.48. The van der Waals surface area contributed by atoms with Crippen molar-refractivity contribution in [1.29, 1.82) is 0 Å². The molecule has 0 radical (unpaired) electrons. The first-order valence-electron chi connectivity index (χ1n) is 6.15. The summed E-state index contributed by atoms with van der Waals surface area (Å²) in [7, 11) is 0. The van der Waals surface area contributed by atoms with Crippen LogP contribution in [0.15, 0.2) is 18.7 Å². The second kappa shape index (κ2) is 5.62. The second-order valence-corrected chi connectivity index (χ2v) is 4.89. The van der Waals surface area contributed by atoms with Crippen LogP contribution >= 0.6 is 0 Å². The topological polar surface area (TPSA) is 50.5 Å². The number of hydrogen-bond acceptors (Lipinski definition) is 4. The number of morpholine rings is 1. The first-order valence-corrected chi connectivity index (χ1v) is 6.15. The van der Waals surface area contributed by atoms with E-state index < -0.39 is 0 Å². The Labute approximate surface area is 102 Å². The molecule has 0 spiro atoms. The number of β-amino-alcohol motifs (C(OH)–C–C–N with tert-alkyl or cyclic N) is 1. The van der Waals surface area contributed by atoms with Gasteiger partial charge in [0.05, 0.1) is 31.2 Å². The van der Waals surface area contributed by atoms with Gasteiger partial charge in [-0.25, -0.2) is 4.98 Å². The molecule has 3 atom stereocenters. The van der Waals surface area contributed by atoms with Gasteiger partial charge in [0.25, 0.3) is 0 Å². The van der Waals surface area contributed by atoms with Crippen LogP contribution in [0.2, 0.25) is 0 Å². The fraction of sp³-hybridized carbons (Fsp3) is 0.750. The Morgan fingerprint density at radius 3 is 2.65 bits per heavy atom. The van der Waals surface area contributed by atoms with E-state index >= 15 is 0 Å².